The molecule has 0 saturated heterocycles. The molecule has 1 aromatic heterocycles. The standard InChI is InChI=1S/C31H32FN3O9S2/c1-34(45(2,38)39)15-4-16-35(46(3,40)41)26-18-27-25(17-24(26)19-5-6-19)28(30(36)44-31(33)37)29(43-27)20-7-11-22(12-8-20)42-23-13-9-21(32)10-14-23/h7-14,17-19H,4-6,15-16H2,1-3H3,(H2,33,37). The monoisotopic (exact) mass is 673 g/mol. The number of carbonyl (C=O) groups is 2. The number of rotatable bonds is 12. The van der Waals surface area contributed by atoms with E-state index in [9.17, 15) is 30.8 Å². The van der Waals surface area contributed by atoms with Gasteiger partial charge < -0.3 is 19.6 Å². The Morgan fingerprint density at radius 1 is 0.935 bits per heavy atom. The molecular weight excluding hydrogens is 641 g/mol. The minimum Gasteiger partial charge on any atom is -0.457 e. The quantitative estimate of drug-likeness (QED) is 0.157. The molecule has 0 spiro atoms. The van der Waals surface area contributed by atoms with Crippen LogP contribution in [0.15, 0.2) is 65.1 Å². The number of sulfonamides is 2. The van der Waals surface area contributed by atoms with E-state index >= 15 is 0 Å². The highest BCUT2D eigenvalue weighted by molar-refractivity contribution is 7.92. The maximum Gasteiger partial charge on any atom is 0.412 e. The Balaban J connectivity index is 1.58. The SMILES string of the molecule is CN(CCCN(c1cc2oc(-c3ccc(Oc4ccc(F)cc4)cc3)c(C(=O)OC(N)=O)c2cc1C1CC1)S(C)(=O)=O)S(C)(=O)=O. The Morgan fingerprint density at radius 3 is 2.09 bits per heavy atom. The first kappa shape index (κ1) is 32.9. The van der Waals surface area contributed by atoms with Crippen molar-refractivity contribution in [2.45, 2.75) is 25.2 Å². The predicted octanol–water partition coefficient (Wildman–Crippen LogP) is 5.19. The number of halogens is 1. The summed E-state index contributed by atoms with van der Waals surface area (Å²) in [5.41, 5.74) is 6.65. The Hall–Kier alpha value is -4.47. The zero-order valence-corrected chi connectivity index (χ0v) is 26.9. The molecule has 0 bridgehead atoms. The van der Waals surface area contributed by atoms with E-state index in [0.717, 1.165) is 29.7 Å². The van der Waals surface area contributed by atoms with Crippen molar-refractivity contribution in [2.75, 3.05) is 37.0 Å². The maximum atomic E-state index is 13.3. The number of amides is 1. The van der Waals surface area contributed by atoms with Crippen LogP contribution in [0.25, 0.3) is 22.3 Å². The third-order valence-corrected chi connectivity index (χ3v) is 9.98. The summed E-state index contributed by atoms with van der Waals surface area (Å²) in [4.78, 5) is 24.8. The minimum atomic E-state index is -3.83. The van der Waals surface area contributed by atoms with Crippen molar-refractivity contribution in [1.82, 2.24) is 4.31 Å². The summed E-state index contributed by atoms with van der Waals surface area (Å²) in [5.74, 6) is -0.586. The van der Waals surface area contributed by atoms with Gasteiger partial charge in [-0.1, -0.05) is 0 Å². The third kappa shape index (κ3) is 7.49. The van der Waals surface area contributed by atoms with Crippen LogP contribution in [0, 0.1) is 5.82 Å². The molecule has 0 atom stereocenters. The molecule has 12 nitrogen and oxygen atoms in total. The second-order valence-electron chi connectivity index (χ2n) is 11.0. The van der Waals surface area contributed by atoms with Gasteiger partial charge in [-0.2, -0.15) is 0 Å². The van der Waals surface area contributed by atoms with Gasteiger partial charge in [-0.15, -0.1) is 0 Å². The van der Waals surface area contributed by atoms with E-state index in [0.29, 0.717) is 33.7 Å². The third-order valence-electron chi connectivity index (χ3n) is 7.49. The van der Waals surface area contributed by atoms with Crippen LogP contribution >= 0.6 is 0 Å². The molecule has 3 aromatic carbocycles. The minimum absolute atomic E-state index is 0.00333. The number of esters is 1. The van der Waals surface area contributed by atoms with Crippen LogP contribution in [0.3, 0.4) is 0 Å². The van der Waals surface area contributed by atoms with Crippen molar-refractivity contribution in [3.8, 4) is 22.8 Å². The predicted molar refractivity (Wildman–Crippen MR) is 169 cm³/mol. The Labute approximate surface area is 265 Å². The van der Waals surface area contributed by atoms with Crippen LogP contribution in [-0.4, -0.2) is 65.9 Å². The number of furan rings is 1. The zero-order chi connectivity index (χ0) is 33.4. The van der Waals surface area contributed by atoms with Gasteiger partial charge in [-0.25, -0.2) is 35.1 Å². The van der Waals surface area contributed by atoms with E-state index in [1.165, 1.54) is 41.7 Å². The molecule has 1 aliphatic rings. The molecule has 1 fully saturated rings. The molecule has 0 unspecified atom stereocenters. The number of hydrogen-bond acceptors (Lipinski definition) is 9. The van der Waals surface area contributed by atoms with Crippen molar-refractivity contribution in [3.63, 3.8) is 0 Å². The lowest BCUT2D eigenvalue weighted by Crippen LogP contribution is -2.34. The fraction of sp³-hybridized carbons (Fsp3) is 0.290. The first-order valence-electron chi connectivity index (χ1n) is 14.2. The highest BCUT2D eigenvalue weighted by atomic mass is 32.2. The summed E-state index contributed by atoms with van der Waals surface area (Å²) in [5, 5.41) is 0.295. The van der Waals surface area contributed by atoms with Gasteiger partial charge in [0, 0.05) is 37.2 Å². The number of nitrogens with two attached hydrogens (primary N) is 1. The van der Waals surface area contributed by atoms with Crippen LogP contribution in [0.2, 0.25) is 0 Å². The van der Waals surface area contributed by atoms with Crippen molar-refractivity contribution in [3.05, 3.63) is 77.6 Å². The molecule has 2 N–H and O–H groups in total. The second-order valence-corrected chi connectivity index (χ2v) is 15.0. The number of fused-ring (bicyclic) bond motifs is 1. The lowest BCUT2D eigenvalue weighted by Gasteiger charge is -2.26. The Kier molecular flexibility index (Phi) is 9.11. The van der Waals surface area contributed by atoms with Gasteiger partial charge >= 0.3 is 12.1 Å². The lowest BCUT2D eigenvalue weighted by molar-refractivity contribution is 0.0640. The molecule has 1 heterocycles. The zero-order valence-electron chi connectivity index (χ0n) is 25.2. The van der Waals surface area contributed by atoms with Crippen LogP contribution in [-0.2, 0) is 24.8 Å². The molecule has 1 amide bonds. The molecule has 1 saturated carbocycles. The van der Waals surface area contributed by atoms with Crippen LogP contribution < -0.4 is 14.8 Å². The topological polar surface area (TPSA) is 167 Å². The summed E-state index contributed by atoms with van der Waals surface area (Å²) >= 11 is 0. The van der Waals surface area contributed by atoms with Crippen molar-refractivity contribution < 1.29 is 44.7 Å². The van der Waals surface area contributed by atoms with Gasteiger partial charge in [-0.05, 0) is 85.3 Å². The average Bonchev–Trinajstić information content (AvgIpc) is 3.74. The summed E-state index contributed by atoms with van der Waals surface area (Å²) in [7, 11) is -5.87. The number of ether oxygens (including phenoxy) is 2. The smallest absolute Gasteiger partial charge is 0.412 e. The fourth-order valence-electron chi connectivity index (χ4n) is 5.02. The molecule has 0 aliphatic heterocycles. The summed E-state index contributed by atoms with van der Waals surface area (Å²) in [6.07, 6.45) is 2.61. The van der Waals surface area contributed by atoms with Gasteiger partial charge in [0.25, 0.3) is 0 Å². The molecule has 15 heteroatoms. The largest absolute Gasteiger partial charge is 0.457 e. The molecule has 1 aliphatic carbocycles. The van der Waals surface area contributed by atoms with Crippen molar-refractivity contribution in [1.29, 1.82) is 0 Å². The van der Waals surface area contributed by atoms with E-state index < -0.39 is 37.9 Å². The molecule has 46 heavy (non-hydrogen) atoms. The lowest BCUT2D eigenvalue weighted by atomic mass is 10.0. The normalized spacial score (nSPS) is 13.6. The van der Waals surface area contributed by atoms with E-state index in [-0.39, 0.29) is 42.3 Å². The maximum absolute atomic E-state index is 13.3. The first-order valence-corrected chi connectivity index (χ1v) is 17.9. The van der Waals surface area contributed by atoms with Gasteiger partial charge in [0.1, 0.15) is 34.2 Å². The van der Waals surface area contributed by atoms with Gasteiger partial charge in [-0.3, -0.25) is 4.31 Å². The molecular formula is C31H32FN3O9S2. The number of benzene rings is 3. The number of hydrogen-bond donors (Lipinski definition) is 1. The molecule has 0 radical (unpaired) electrons. The van der Waals surface area contributed by atoms with Gasteiger partial charge in [0.05, 0.1) is 18.2 Å². The first-order chi connectivity index (χ1) is 21.6. The van der Waals surface area contributed by atoms with Gasteiger partial charge in [0.15, 0.2) is 0 Å². The summed E-state index contributed by atoms with van der Waals surface area (Å²) in [6.45, 7) is 0.0876. The van der Waals surface area contributed by atoms with Crippen molar-refractivity contribution >= 4 is 48.8 Å². The highest BCUT2D eigenvalue weighted by Crippen LogP contribution is 2.48. The Morgan fingerprint density at radius 2 is 1.54 bits per heavy atom. The van der Waals surface area contributed by atoms with E-state index in [1.807, 2.05) is 0 Å². The van der Waals surface area contributed by atoms with Crippen LogP contribution in [0.4, 0.5) is 14.9 Å². The number of primary amides is 1. The number of nitrogens with zero attached hydrogens (tertiary/aromatic N) is 2. The highest BCUT2D eigenvalue weighted by Gasteiger charge is 2.34. The number of anilines is 1. The average molecular weight is 674 g/mol. The summed E-state index contributed by atoms with van der Waals surface area (Å²) < 4.78 is 82.1. The van der Waals surface area contributed by atoms with E-state index in [1.54, 1.807) is 30.3 Å². The van der Waals surface area contributed by atoms with Gasteiger partial charge in [0.2, 0.25) is 20.0 Å². The van der Waals surface area contributed by atoms with E-state index in [4.69, 9.17) is 19.6 Å². The molecule has 4 aromatic rings. The fourth-order valence-corrected chi connectivity index (χ4v) is 6.45. The Bertz CT molecular complexity index is 2010. The number of carbonyl (C=O) groups excluding carboxylic acids is 2. The molecule has 5 rings (SSSR count). The second kappa shape index (κ2) is 12.7. The molecule has 244 valence electrons. The van der Waals surface area contributed by atoms with Crippen LogP contribution in [0.1, 0.15) is 41.1 Å². The summed E-state index contributed by atoms with van der Waals surface area (Å²) in [6, 6.07) is 15.1. The van der Waals surface area contributed by atoms with Crippen molar-refractivity contribution in [2.24, 2.45) is 5.73 Å². The van der Waals surface area contributed by atoms with Crippen LogP contribution in [0.5, 0.6) is 11.5 Å². The van der Waals surface area contributed by atoms with E-state index in [2.05, 4.69) is 0 Å².